The van der Waals surface area contributed by atoms with Gasteiger partial charge in [0.15, 0.2) is 5.82 Å². The average Bonchev–Trinajstić information content (AvgIpc) is 1.05. The second kappa shape index (κ2) is 35.1. The van der Waals surface area contributed by atoms with Crippen molar-refractivity contribution in [3.05, 3.63) is 461 Å². The molecule has 0 unspecified atom stereocenters. The van der Waals surface area contributed by atoms with Crippen LogP contribution in [0.5, 0.6) is 0 Å². The van der Waals surface area contributed by atoms with E-state index < -0.39 is 7.14 Å². The zero-order valence-corrected chi connectivity index (χ0v) is 72.4. The summed E-state index contributed by atoms with van der Waals surface area (Å²) in [6.45, 7) is 5.78. The van der Waals surface area contributed by atoms with Crippen molar-refractivity contribution in [2.45, 2.75) is 13.3 Å². The fourth-order valence-electron chi connectivity index (χ4n) is 18.2. The van der Waals surface area contributed by atoms with Crippen molar-refractivity contribution in [3.8, 4) is 140 Å². The van der Waals surface area contributed by atoms with Crippen molar-refractivity contribution in [3.63, 3.8) is 0 Å². The van der Waals surface area contributed by atoms with Gasteiger partial charge in [0.1, 0.15) is 13.0 Å². The summed E-state index contributed by atoms with van der Waals surface area (Å²) in [5, 5.41) is 11.4. The first kappa shape index (κ1) is 79.9. The van der Waals surface area contributed by atoms with Crippen LogP contribution in [-0.2, 0) is 11.0 Å². The van der Waals surface area contributed by atoms with Gasteiger partial charge in [0, 0.05) is 105 Å². The number of imidazole rings is 1. The number of hydrogen-bond acceptors (Lipinski definition) is 7. The summed E-state index contributed by atoms with van der Waals surface area (Å²) in [4.78, 5) is 30.8. The molecule has 23 aromatic rings. The van der Waals surface area contributed by atoms with Crippen LogP contribution in [0.2, 0.25) is 0 Å². The number of nitrogens with zero attached hydrogens (tertiary/aromatic N) is 7. The van der Waals surface area contributed by atoms with E-state index in [1.807, 2.05) is 80.1 Å². The van der Waals surface area contributed by atoms with Crippen LogP contribution in [0.25, 0.3) is 216 Å². The minimum atomic E-state index is -2.27. The summed E-state index contributed by atoms with van der Waals surface area (Å²) in [5.74, 6) is 1.77. The first-order valence-corrected chi connectivity index (χ1v) is 46.4. The lowest BCUT2D eigenvalue weighted by molar-refractivity contribution is 0.588. The predicted molar refractivity (Wildman–Crippen MR) is 542 cm³/mol. The molecular weight excluding hydrogens is 1590 g/mol. The zero-order valence-electron chi connectivity index (χ0n) is 71.5. The SMILES string of the molecule is CCc1nc2ccccc2n1-c1ccc(-c2cccc(-c3cccc4c(-c5ccccc5)nc5ccccc5c34)c2)cc1.CP(C)(=O)c1ccc(-c2cccc(-c3cccc4c(-c5ccccc5)nc5ccccc5c34)c2)cc1.c1ccc(-c2nc(-c3ccccc3)c(-c3cccc(-c4cccc5c(-c6ccccc6)nc6ccccc6c45)c3)c(-c3ccccc3)n2)cc1. The Hall–Kier alpha value is -16.3. The van der Waals surface area contributed by atoms with Crippen molar-refractivity contribution >= 4 is 88.5 Å². The number of hydrogen-bond donors (Lipinski definition) is 0. The van der Waals surface area contributed by atoms with Gasteiger partial charge < -0.3 is 4.57 Å². The normalized spacial score (nSPS) is 11.4. The number of fused-ring (bicyclic) bond motifs is 10. The largest absolute Gasteiger partial charge is 0.319 e. The molecule has 23 rings (SSSR count). The van der Waals surface area contributed by atoms with Crippen molar-refractivity contribution < 1.29 is 4.57 Å². The lowest BCUT2D eigenvalue weighted by Crippen LogP contribution is -2.01. The molecule has 0 aliphatic heterocycles. The highest BCUT2D eigenvalue weighted by Crippen LogP contribution is 2.47. The fourth-order valence-corrected chi connectivity index (χ4v) is 19.1. The molecule has 0 bridgehead atoms. The van der Waals surface area contributed by atoms with Gasteiger partial charge in [-0.1, -0.05) is 401 Å². The minimum absolute atomic E-state index is 0.699. The fraction of sp³-hybridized carbons (Fsp3) is 0.0333. The van der Waals surface area contributed by atoms with Gasteiger partial charge >= 0.3 is 0 Å². The lowest BCUT2D eigenvalue weighted by atomic mass is 9.89. The second-order valence-electron chi connectivity index (χ2n) is 32.8. The number of aryl methyl sites for hydroxylation is 1. The van der Waals surface area contributed by atoms with Crippen molar-refractivity contribution in [1.29, 1.82) is 0 Å². The summed E-state index contributed by atoms with van der Waals surface area (Å²) in [6, 6.07) is 159. The van der Waals surface area contributed by atoms with Crippen molar-refractivity contribution in [2.24, 2.45) is 0 Å². The maximum Gasteiger partial charge on any atom is 0.160 e. The van der Waals surface area contributed by atoms with Crippen molar-refractivity contribution in [1.82, 2.24) is 34.5 Å². The van der Waals surface area contributed by atoms with Crippen LogP contribution in [-0.4, -0.2) is 47.8 Å². The van der Waals surface area contributed by atoms with E-state index in [0.29, 0.717) is 5.82 Å². The van der Waals surface area contributed by atoms with Gasteiger partial charge in [-0.25, -0.2) is 29.9 Å². The van der Waals surface area contributed by atoms with Crippen LogP contribution in [0, 0.1) is 0 Å². The number of aromatic nitrogens is 7. The molecule has 612 valence electrons. The lowest BCUT2D eigenvalue weighted by Gasteiger charge is -2.18. The molecule has 0 spiro atoms. The molecule has 0 amide bonds. The van der Waals surface area contributed by atoms with Crippen LogP contribution in [0.3, 0.4) is 0 Å². The molecule has 18 aromatic carbocycles. The molecule has 0 saturated carbocycles. The summed E-state index contributed by atoms with van der Waals surface area (Å²) in [6.07, 6.45) is 0.875. The van der Waals surface area contributed by atoms with Gasteiger partial charge in [0.25, 0.3) is 0 Å². The Bertz CT molecular complexity index is 8110. The van der Waals surface area contributed by atoms with Gasteiger partial charge in [-0.15, -0.1) is 0 Å². The van der Waals surface area contributed by atoms with Gasteiger partial charge in [0.2, 0.25) is 0 Å². The molecule has 0 saturated heterocycles. The van der Waals surface area contributed by atoms with Crippen molar-refractivity contribution in [2.75, 3.05) is 13.3 Å². The van der Waals surface area contributed by atoms with Gasteiger partial charge in [-0.3, -0.25) is 4.57 Å². The zero-order chi connectivity index (χ0) is 86.7. The Morgan fingerprint density at radius 3 is 0.907 bits per heavy atom. The van der Waals surface area contributed by atoms with E-state index in [2.05, 4.69) is 400 Å². The molecule has 8 nitrogen and oxygen atoms in total. The van der Waals surface area contributed by atoms with E-state index in [1.165, 1.54) is 49.4 Å². The topological polar surface area (TPSA) is 99.3 Å². The van der Waals surface area contributed by atoms with Crippen LogP contribution in [0.15, 0.2) is 455 Å². The number of rotatable bonds is 15. The number of pyridine rings is 3. The molecular formula is C120H86N7OP. The maximum absolute atomic E-state index is 12.5. The summed E-state index contributed by atoms with van der Waals surface area (Å²) < 4.78 is 14.7. The predicted octanol–water partition coefficient (Wildman–Crippen LogP) is 31.1. The number of para-hydroxylation sites is 5. The summed E-state index contributed by atoms with van der Waals surface area (Å²) in [5.41, 5.74) is 31.2. The molecule has 0 aliphatic carbocycles. The highest BCUT2D eigenvalue weighted by molar-refractivity contribution is 7.70. The molecule has 5 aromatic heterocycles. The van der Waals surface area contributed by atoms with E-state index in [0.717, 1.165) is 179 Å². The van der Waals surface area contributed by atoms with Gasteiger partial charge in [0.05, 0.1) is 56.1 Å². The Morgan fingerprint density at radius 1 is 0.233 bits per heavy atom. The Morgan fingerprint density at radius 2 is 0.527 bits per heavy atom. The minimum Gasteiger partial charge on any atom is -0.319 e. The van der Waals surface area contributed by atoms with Crippen LogP contribution in [0.4, 0.5) is 0 Å². The smallest absolute Gasteiger partial charge is 0.160 e. The van der Waals surface area contributed by atoms with Crippen LogP contribution < -0.4 is 5.30 Å². The summed E-state index contributed by atoms with van der Waals surface area (Å²) in [7, 11) is -2.27. The standard InChI is InChI=1S/C47H31N3.C40H29N3.C33H26NOP/c1-5-17-32(18-6-1)44-40-29-16-28-38(43(40)39-27-13-14-30-41(39)48-44)36-25-15-26-37(31-36)42-45(33-19-7-2-8-20-33)49-47(35-23-11-4-12-24-35)50-46(42)34-21-9-3-10-22-34;1-2-38-41-36-20-8-9-21-37(36)43(38)31-24-22-27(23-25-31)29-14-10-15-30(26-29)32-17-11-18-34-39(32)33-16-6-7-19-35(33)42-40(34)28-12-4-3-5-13-28;1-36(2,35)27-20-18-23(19-21-27)25-12-8-13-26(22-25)28-15-9-16-30-32(28)29-14-6-7-17-31(29)34-33(30)24-10-4-3-5-11-24/h1-31H;3-26H,2H2,1H3;3-22H,1-2H3. The first-order chi connectivity index (χ1) is 63.6. The quantitative estimate of drug-likeness (QED) is 0.0745. The van der Waals surface area contributed by atoms with E-state index in [1.54, 1.807) is 0 Å². The molecule has 5 heterocycles. The summed E-state index contributed by atoms with van der Waals surface area (Å²) >= 11 is 0. The molecule has 129 heavy (non-hydrogen) atoms. The highest BCUT2D eigenvalue weighted by Gasteiger charge is 2.25. The molecule has 9 heteroatoms. The molecule has 0 fully saturated rings. The molecule has 0 N–H and O–H groups in total. The Kier molecular flexibility index (Phi) is 21.7. The van der Waals surface area contributed by atoms with E-state index in [-0.39, 0.29) is 0 Å². The Labute approximate surface area is 750 Å². The third kappa shape index (κ3) is 15.8. The highest BCUT2D eigenvalue weighted by atomic mass is 31.2. The molecule has 0 radical (unpaired) electrons. The Balaban J connectivity index is 0.000000119. The third-order valence-corrected chi connectivity index (χ3v) is 25.9. The van der Waals surface area contributed by atoms with E-state index in [9.17, 15) is 4.57 Å². The van der Waals surface area contributed by atoms with Gasteiger partial charge in [-0.05, 0) is 135 Å². The van der Waals surface area contributed by atoms with Gasteiger partial charge in [-0.2, -0.15) is 0 Å². The van der Waals surface area contributed by atoms with Crippen LogP contribution in [0.1, 0.15) is 12.7 Å². The second-order valence-corrected chi connectivity index (χ2v) is 36.0. The van der Waals surface area contributed by atoms with Crippen LogP contribution >= 0.6 is 7.14 Å². The average molecular weight is 1670 g/mol. The molecule has 0 atom stereocenters. The maximum atomic E-state index is 12.5. The van der Waals surface area contributed by atoms with E-state index in [4.69, 9.17) is 29.9 Å². The number of benzene rings is 18. The monoisotopic (exact) mass is 1670 g/mol. The third-order valence-electron chi connectivity index (χ3n) is 24.4. The van der Waals surface area contributed by atoms with E-state index >= 15 is 0 Å². The molecule has 0 aliphatic rings. The first-order valence-electron chi connectivity index (χ1n) is 43.8.